The number of unbranched alkanes of at least 4 members (excludes halogenated alkanes) is 36. The lowest BCUT2D eigenvalue weighted by Gasteiger charge is -2.40. The van der Waals surface area contributed by atoms with E-state index in [1.165, 1.54) is 193 Å². The van der Waals surface area contributed by atoms with Gasteiger partial charge in [0.05, 0.1) is 25.4 Å². The molecule has 0 bridgehead atoms. The van der Waals surface area contributed by atoms with E-state index in [1.807, 2.05) is 0 Å². The highest BCUT2D eigenvalue weighted by molar-refractivity contribution is 5.76. The van der Waals surface area contributed by atoms with E-state index in [4.69, 9.17) is 9.47 Å². The molecule has 0 radical (unpaired) electrons. The Kier molecular flexibility index (Phi) is 58.0. The Balaban J connectivity index is 2.15. The molecule has 476 valence electrons. The van der Waals surface area contributed by atoms with Gasteiger partial charge in [-0.2, -0.15) is 0 Å². The number of aliphatic hydroxyl groups excluding tert-OH is 5. The number of aliphatic hydroxyl groups is 5. The van der Waals surface area contributed by atoms with Gasteiger partial charge in [0.2, 0.25) is 5.91 Å². The van der Waals surface area contributed by atoms with Crippen LogP contribution < -0.4 is 5.32 Å². The number of hydrogen-bond acceptors (Lipinski definition) is 8. The average Bonchev–Trinajstić information content (AvgIpc) is 3.57. The van der Waals surface area contributed by atoms with Gasteiger partial charge in [-0.3, -0.25) is 4.79 Å². The van der Waals surface area contributed by atoms with Gasteiger partial charge < -0.3 is 40.3 Å². The van der Waals surface area contributed by atoms with Crippen LogP contribution in [0.3, 0.4) is 0 Å². The van der Waals surface area contributed by atoms with Gasteiger partial charge in [0.1, 0.15) is 24.4 Å². The van der Waals surface area contributed by atoms with E-state index < -0.39 is 49.5 Å². The second kappa shape index (κ2) is 61.5. The van der Waals surface area contributed by atoms with Crippen molar-refractivity contribution in [1.82, 2.24) is 5.32 Å². The molecule has 1 heterocycles. The molecular weight excluding hydrogens is 1020 g/mol. The van der Waals surface area contributed by atoms with Crippen molar-refractivity contribution in [2.75, 3.05) is 13.2 Å². The maximum absolute atomic E-state index is 13.1. The summed E-state index contributed by atoms with van der Waals surface area (Å²) in [5.74, 6) is -0.155. The third kappa shape index (κ3) is 49.6. The Morgan fingerprint density at radius 3 is 1.12 bits per heavy atom. The molecule has 1 aliphatic rings. The molecular formula is C73H131NO8. The minimum atomic E-state index is -1.56. The minimum absolute atomic E-state index is 0.146. The Labute approximate surface area is 505 Å². The quantitative estimate of drug-likeness (QED) is 0.0261. The molecule has 7 unspecified atom stereocenters. The van der Waals surface area contributed by atoms with Crippen molar-refractivity contribution in [2.24, 2.45) is 0 Å². The monoisotopic (exact) mass is 1150 g/mol. The van der Waals surface area contributed by atoms with E-state index in [-0.39, 0.29) is 12.5 Å². The van der Waals surface area contributed by atoms with E-state index >= 15 is 0 Å². The zero-order chi connectivity index (χ0) is 59.3. The minimum Gasteiger partial charge on any atom is -0.394 e. The first-order chi connectivity index (χ1) is 40.3. The fourth-order valence-electron chi connectivity index (χ4n) is 10.9. The molecule has 0 aromatic rings. The van der Waals surface area contributed by atoms with Crippen LogP contribution >= 0.6 is 0 Å². The fraction of sp³-hybridized carbons (Fsp3) is 0.795. The molecule has 1 amide bonds. The van der Waals surface area contributed by atoms with Crippen molar-refractivity contribution < 1.29 is 39.8 Å². The molecule has 0 aromatic carbocycles. The topological polar surface area (TPSA) is 149 Å². The lowest BCUT2D eigenvalue weighted by atomic mass is 9.99. The number of ether oxygens (including phenoxy) is 2. The van der Waals surface area contributed by atoms with E-state index in [2.05, 4.69) is 104 Å². The number of amides is 1. The molecule has 7 atom stereocenters. The van der Waals surface area contributed by atoms with Gasteiger partial charge in [0.15, 0.2) is 6.29 Å². The van der Waals surface area contributed by atoms with E-state index in [9.17, 15) is 30.3 Å². The maximum atomic E-state index is 13.1. The van der Waals surface area contributed by atoms with Gasteiger partial charge in [0.25, 0.3) is 0 Å². The number of nitrogens with one attached hydrogen (secondary N) is 1. The summed E-state index contributed by atoms with van der Waals surface area (Å²) in [4.78, 5) is 13.1. The SMILES string of the molecule is CC/C=C\C/C=C\C/C=C\C/C=C\C/C=C\C/C=C\C/C=C\CCCCCCCCCC(=O)NC(COC1OC(CO)C(O)C(O)C1O)C(O)CCCCCCCCCCCCCCCCCCCCCCCCCCCCCCCC. The predicted molar refractivity (Wildman–Crippen MR) is 350 cm³/mol. The Hall–Kier alpha value is -2.63. The van der Waals surface area contributed by atoms with Crippen LogP contribution in [-0.2, 0) is 14.3 Å². The number of allylic oxidation sites excluding steroid dienone is 14. The van der Waals surface area contributed by atoms with Crippen molar-refractivity contribution >= 4 is 5.91 Å². The molecule has 1 fully saturated rings. The summed E-state index contributed by atoms with van der Waals surface area (Å²) >= 11 is 0. The highest BCUT2D eigenvalue weighted by atomic mass is 16.7. The Morgan fingerprint density at radius 1 is 0.427 bits per heavy atom. The highest BCUT2D eigenvalue weighted by Gasteiger charge is 2.44. The molecule has 1 rings (SSSR count). The number of carbonyl (C=O) groups excluding carboxylic acids is 1. The van der Waals surface area contributed by atoms with Crippen LogP contribution in [0.5, 0.6) is 0 Å². The molecule has 0 saturated carbocycles. The third-order valence-corrected chi connectivity index (χ3v) is 16.3. The second-order valence-electron chi connectivity index (χ2n) is 23.9. The van der Waals surface area contributed by atoms with E-state index in [0.717, 1.165) is 96.3 Å². The van der Waals surface area contributed by atoms with Gasteiger partial charge in [-0.25, -0.2) is 0 Å². The summed E-state index contributed by atoms with van der Waals surface area (Å²) < 4.78 is 11.4. The van der Waals surface area contributed by atoms with Crippen molar-refractivity contribution in [1.29, 1.82) is 0 Å². The fourth-order valence-corrected chi connectivity index (χ4v) is 10.9. The summed E-state index contributed by atoms with van der Waals surface area (Å²) in [6, 6.07) is -0.733. The van der Waals surface area contributed by atoms with Gasteiger partial charge in [0, 0.05) is 6.42 Å². The van der Waals surface area contributed by atoms with Gasteiger partial charge in [-0.05, 0) is 70.6 Å². The van der Waals surface area contributed by atoms with Gasteiger partial charge >= 0.3 is 0 Å². The molecule has 9 heteroatoms. The molecule has 0 spiro atoms. The van der Waals surface area contributed by atoms with Crippen molar-refractivity contribution in [3.8, 4) is 0 Å². The van der Waals surface area contributed by atoms with Crippen LogP contribution in [0.2, 0.25) is 0 Å². The third-order valence-electron chi connectivity index (χ3n) is 16.3. The summed E-state index contributed by atoms with van der Waals surface area (Å²) in [6.45, 7) is 3.75. The molecule has 0 aromatic heterocycles. The molecule has 82 heavy (non-hydrogen) atoms. The van der Waals surface area contributed by atoms with Crippen molar-refractivity contribution in [3.05, 3.63) is 85.1 Å². The van der Waals surface area contributed by atoms with Crippen LogP contribution in [0.1, 0.15) is 316 Å². The number of carbonyl (C=O) groups is 1. The first-order valence-electron chi connectivity index (χ1n) is 34.8. The van der Waals surface area contributed by atoms with Gasteiger partial charge in [-0.15, -0.1) is 0 Å². The lowest BCUT2D eigenvalue weighted by Crippen LogP contribution is -2.60. The first kappa shape index (κ1) is 77.4. The zero-order valence-corrected chi connectivity index (χ0v) is 53.2. The molecule has 1 aliphatic heterocycles. The molecule has 0 aliphatic carbocycles. The summed E-state index contributed by atoms with van der Waals surface area (Å²) in [5, 5.41) is 54.9. The number of rotatable bonds is 60. The van der Waals surface area contributed by atoms with Crippen molar-refractivity contribution in [2.45, 2.75) is 358 Å². The van der Waals surface area contributed by atoms with E-state index in [0.29, 0.717) is 12.8 Å². The Morgan fingerprint density at radius 2 is 0.756 bits per heavy atom. The standard InChI is InChI=1S/C73H131NO8/c1-3-5-7-9-11-13-15-17-19-21-23-25-27-29-31-33-35-36-38-40-42-44-46-48-50-52-54-56-58-60-62-67(76)66(65-81-73-72(80)71(79)70(78)68(64-75)82-73)74-69(77)63-61-59-57-55-53-51-49-47-45-43-41-39-37-34-32-30-28-26-24-22-20-18-16-14-12-10-8-6-4-2/h6,8,12,14,18,20,24,26,30,32,37,39,43,45,66-68,70-73,75-76,78-80H,3-5,7,9-11,13,15-17,19,21-23,25,27-29,31,33-36,38,40-42,44,46-65H2,1-2H3,(H,74,77)/b8-6-,14-12-,20-18-,26-24-,32-30-,39-37-,45-43-. The molecule has 1 saturated heterocycles. The van der Waals surface area contributed by atoms with Crippen LogP contribution in [0, 0.1) is 0 Å². The van der Waals surface area contributed by atoms with Crippen LogP contribution in [-0.4, -0.2) is 87.5 Å². The summed E-state index contributed by atoms with van der Waals surface area (Å²) in [7, 11) is 0. The first-order valence-corrected chi connectivity index (χ1v) is 34.8. The Bertz CT molecular complexity index is 1570. The largest absolute Gasteiger partial charge is 0.394 e. The number of hydrogen-bond donors (Lipinski definition) is 6. The van der Waals surface area contributed by atoms with Crippen LogP contribution in [0.15, 0.2) is 85.1 Å². The van der Waals surface area contributed by atoms with Crippen molar-refractivity contribution in [3.63, 3.8) is 0 Å². The van der Waals surface area contributed by atoms with E-state index in [1.54, 1.807) is 0 Å². The average molecular weight is 1150 g/mol. The van der Waals surface area contributed by atoms with Gasteiger partial charge in [-0.1, -0.05) is 324 Å². The second-order valence-corrected chi connectivity index (χ2v) is 23.9. The normalized spacial score (nSPS) is 18.8. The predicted octanol–water partition coefficient (Wildman–Crippen LogP) is 18.9. The zero-order valence-electron chi connectivity index (χ0n) is 53.2. The summed E-state index contributed by atoms with van der Waals surface area (Å²) in [6.07, 6.45) is 80.7. The van der Waals surface area contributed by atoms with Crippen LogP contribution in [0.4, 0.5) is 0 Å². The highest BCUT2D eigenvalue weighted by Crippen LogP contribution is 2.24. The molecule has 9 nitrogen and oxygen atoms in total. The summed E-state index contributed by atoms with van der Waals surface area (Å²) in [5.41, 5.74) is 0. The molecule has 6 N–H and O–H groups in total. The smallest absolute Gasteiger partial charge is 0.220 e. The lowest BCUT2D eigenvalue weighted by molar-refractivity contribution is -0.302. The van der Waals surface area contributed by atoms with Crippen LogP contribution in [0.25, 0.3) is 0 Å². The maximum Gasteiger partial charge on any atom is 0.220 e.